The Morgan fingerprint density at radius 1 is 1.14 bits per heavy atom. The zero-order valence-electron chi connectivity index (χ0n) is 21.3. The van der Waals surface area contributed by atoms with Crippen molar-refractivity contribution in [3.05, 3.63) is 54.1 Å². The summed E-state index contributed by atoms with van der Waals surface area (Å²) in [5.74, 6) is -0.0398. The van der Waals surface area contributed by atoms with Gasteiger partial charge in [0, 0.05) is 37.7 Å². The molecule has 202 valence electrons. The van der Waals surface area contributed by atoms with Gasteiger partial charge >= 0.3 is 0 Å². The van der Waals surface area contributed by atoms with Crippen LogP contribution in [-0.2, 0) is 14.3 Å². The summed E-state index contributed by atoms with van der Waals surface area (Å²) in [5, 5.41) is 5.60. The first-order chi connectivity index (χ1) is 17.9. The van der Waals surface area contributed by atoms with Crippen LogP contribution in [0.15, 0.2) is 42.6 Å². The minimum atomic E-state index is -0.429. The fourth-order valence-electron chi connectivity index (χ4n) is 3.52. The third-order valence-corrected chi connectivity index (χ3v) is 6.06. The van der Waals surface area contributed by atoms with E-state index in [0.29, 0.717) is 37.1 Å². The van der Waals surface area contributed by atoms with Crippen molar-refractivity contribution in [2.45, 2.75) is 63.8 Å². The summed E-state index contributed by atoms with van der Waals surface area (Å²) >= 11 is 0. The van der Waals surface area contributed by atoms with E-state index in [9.17, 15) is 14.0 Å². The van der Waals surface area contributed by atoms with Gasteiger partial charge in [-0.2, -0.15) is 0 Å². The molecule has 10 heteroatoms. The quantitative estimate of drug-likeness (QED) is 0.311. The highest BCUT2D eigenvalue weighted by Gasteiger charge is 2.28. The second kappa shape index (κ2) is 15.6. The summed E-state index contributed by atoms with van der Waals surface area (Å²) in [5.41, 5.74) is 0.812. The van der Waals surface area contributed by atoms with E-state index in [4.69, 9.17) is 14.2 Å². The molecule has 2 amide bonds. The molecule has 3 atom stereocenters. The van der Waals surface area contributed by atoms with Gasteiger partial charge in [0.15, 0.2) is 0 Å². The van der Waals surface area contributed by atoms with Gasteiger partial charge in [0.05, 0.1) is 12.2 Å². The smallest absolute Gasteiger partial charge is 0.269 e. The van der Waals surface area contributed by atoms with E-state index in [2.05, 4.69) is 24.9 Å². The number of halogens is 1. The molecule has 2 aliphatic rings. The number of benzene rings is 1. The number of nitrogens with zero attached hydrogens (tertiary/aromatic N) is 1. The molecule has 1 saturated carbocycles. The molecule has 1 aliphatic heterocycles. The molecule has 0 bridgehead atoms. The third-order valence-electron chi connectivity index (χ3n) is 5.65. The average Bonchev–Trinajstić information content (AvgIpc) is 3.59. The number of amides is 2. The van der Waals surface area contributed by atoms with Gasteiger partial charge in [-0.15, -0.1) is 9.24 Å². The second-order valence-electron chi connectivity index (χ2n) is 9.07. The minimum absolute atomic E-state index is 0.106. The van der Waals surface area contributed by atoms with Crippen LogP contribution in [0.4, 0.5) is 10.1 Å². The van der Waals surface area contributed by atoms with E-state index in [0.717, 1.165) is 44.9 Å². The molecule has 4 rings (SSSR count). The van der Waals surface area contributed by atoms with Crippen LogP contribution in [0, 0.1) is 5.82 Å². The van der Waals surface area contributed by atoms with Gasteiger partial charge in [0.25, 0.3) is 11.8 Å². The molecule has 2 heterocycles. The highest BCUT2D eigenvalue weighted by atomic mass is 31.0. The van der Waals surface area contributed by atoms with Gasteiger partial charge in [-0.05, 0) is 75.9 Å². The molecule has 0 radical (unpaired) electrons. The molecule has 1 saturated heterocycles. The van der Waals surface area contributed by atoms with Gasteiger partial charge < -0.3 is 24.8 Å². The topological polar surface area (TPSA) is 98.8 Å². The molecule has 1 aliphatic carbocycles. The lowest BCUT2D eigenvalue weighted by molar-refractivity contribution is -0.126. The molecule has 0 spiro atoms. The summed E-state index contributed by atoms with van der Waals surface area (Å²) in [6.45, 7) is 3.83. The number of carbonyl (C=O) groups excluding carboxylic acids is 2. The zero-order chi connectivity index (χ0) is 26.5. The van der Waals surface area contributed by atoms with Crippen LogP contribution in [0.3, 0.4) is 0 Å². The van der Waals surface area contributed by atoms with Crippen molar-refractivity contribution in [2.24, 2.45) is 0 Å². The summed E-state index contributed by atoms with van der Waals surface area (Å²) in [7, 11) is 2.66. The first-order valence-corrected chi connectivity index (χ1v) is 13.7. The standard InChI is InChI=1S/C18H28N3O4P.C9H9FO/c1-13-4-5-16(25-13)18(23)21-14-6-8-19-15(12-14)17(22)20-7-2-9-24-10-3-11-26;10-7-2-1-3-9(6-7)11-8-4-5-8/h6,8,12-13,16H,2-5,7,9-11,26H2,1H3,(H,20,22)(H,19,21,23);1-3,6,8H,4-5H2. The maximum atomic E-state index is 12.6. The number of hydrogen-bond donors (Lipinski definition) is 2. The lowest BCUT2D eigenvalue weighted by Gasteiger charge is -2.12. The Morgan fingerprint density at radius 2 is 1.95 bits per heavy atom. The first kappa shape index (κ1) is 29.0. The van der Waals surface area contributed by atoms with Crippen LogP contribution >= 0.6 is 9.24 Å². The number of aromatic nitrogens is 1. The molecular formula is C27H37FN3O5P. The van der Waals surface area contributed by atoms with E-state index in [1.165, 1.54) is 18.3 Å². The van der Waals surface area contributed by atoms with Gasteiger partial charge in [-0.1, -0.05) is 6.07 Å². The average molecular weight is 534 g/mol. The van der Waals surface area contributed by atoms with Crippen molar-refractivity contribution < 1.29 is 28.2 Å². The summed E-state index contributed by atoms with van der Waals surface area (Å²) in [4.78, 5) is 28.4. The number of carbonyl (C=O) groups is 2. The van der Waals surface area contributed by atoms with Crippen molar-refractivity contribution >= 4 is 26.7 Å². The van der Waals surface area contributed by atoms with Crippen molar-refractivity contribution in [3.63, 3.8) is 0 Å². The Labute approximate surface area is 220 Å². The molecule has 1 aromatic heterocycles. The van der Waals surface area contributed by atoms with E-state index >= 15 is 0 Å². The maximum Gasteiger partial charge on any atom is 0.269 e. The van der Waals surface area contributed by atoms with Crippen molar-refractivity contribution in [1.29, 1.82) is 0 Å². The molecular weight excluding hydrogens is 496 g/mol. The van der Waals surface area contributed by atoms with E-state index in [1.54, 1.807) is 24.3 Å². The molecule has 2 N–H and O–H groups in total. The summed E-state index contributed by atoms with van der Waals surface area (Å²) in [6, 6.07) is 9.50. The Balaban J connectivity index is 0.000000284. The summed E-state index contributed by atoms with van der Waals surface area (Å²) < 4.78 is 28.9. The van der Waals surface area contributed by atoms with Gasteiger partial charge in [-0.3, -0.25) is 14.6 Å². The summed E-state index contributed by atoms with van der Waals surface area (Å²) in [6.07, 6.45) is 8.13. The van der Waals surface area contributed by atoms with Crippen LogP contribution in [0.1, 0.15) is 55.9 Å². The highest BCUT2D eigenvalue weighted by Crippen LogP contribution is 2.26. The predicted octanol–water partition coefficient (Wildman–Crippen LogP) is 4.36. The zero-order valence-corrected chi connectivity index (χ0v) is 22.4. The molecule has 2 fully saturated rings. The normalized spacial score (nSPS) is 18.5. The Bertz CT molecular complexity index is 1010. The van der Waals surface area contributed by atoms with Crippen LogP contribution in [0.5, 0.6) is 5.75 Å². The molecule has 1 aromatic carbocycles. The first-order valence-electron chi connectivity index (χ1n) is 12.8. The van der Waals surface area contributed by atoms with Gasteiger partial charge in [0.1, 0.15) is 23.4 Å². The van der Waals surface area contributed by atoms with Gasteiger partial charge in [0.2, 0.25) is 0 Å². The largest absolute Gasteiger partial charge is 0.490 e. The fourth-order valence-corrected chi connectivity index (χ4v) is 3.69. The lowest BCUT2D eigenvalue weighted by Crippen LogP contribution is -2.28. The monoisotopic (exact) mass is 533 g/mol. The Hall–Kier alpha value is -2.61. The number of ether oxygens (including phenoxy) is 3. The maximum absolute atomic E-state index is 12.6. The van der Waals surface area contributed by atoms with E-state index in [-0.39, 0.29) is 29.4 Å². The molecule has 3 unspecified atom stereocenters. The van der Waals surface area contributed by atoms with Crippen molar-refractivity contribution in [1.82, 2.24) is 10.3 Å². The number of anilines is 1. The fraction of sp³-hybridized carbons (Fsp3) is 0.519. The van der Waals surface area contributed by atoms with E-state index in [1.807, 2.05) is 6.92 Å². The number of pyridine rings is 1. The SMILES string of the molecule is CC1CCC(C(=O)Nc2ccnc(C(=O)NCCCOCCCP)c2)O1.Fc1cccc(OC2CC2)c1. The Morgan fingerprint density at radius 3 is 2.65 bits per heavy atom. The molecule has 2 aromatic rings. The minimum Gasteiger partial charge on any atom is -0.490 e. The Kier molecular flexibility index (Phi) is 12.2. The van der Waals surface area contributed by atoms with E-state index < -0.39 is 6.10 Å². The van der Waals surface area contributed by atoms with Gasteiger partial charge in [-0.25, -0.2) is 4.39 Å². The van der Waals surface area contributed by atoms with Crippen LogP contribution in [0.25, 0.3) is 0 Å². The van der Waals surface area contributed by atoms with Crippen LogP contribution < -0.4 is 15.4 Å². The molecule has 8 nitrogen and oxygen atoms in total. The second-order valence-corrected chi connectivity index (χ2v) is 9.65. The predicted molar refractivity (Wildman–Crippen MR) is 143 cm³/mol. The molecule has 37 heavy (non-hydrogen) atoms. The van der Waals surface area contributed by atoms with Crippen LogP contribution in [-0.4, -0.2) is 61.0 Å². The number of rotatable bonds is 12. The number of nitrogens with one attached hydrogen (secondary N) is 2. The van der Waals surface area contributed by atoms with Crippen molar-refractivity contribution in [3.8, 4) is 5.75 Å². The lowest BCUT2D eigenvalue weighted by atomic mass is 10.2. The van der Waals surface area contributed by atoms with Crippen LogP contribution in [0.2, 0.25) is 0 Å². The van der Waals surface area contributed by atoms with Crippen molar-refractivity contribution in [2.75, 3.05) is 31.2 Å². The third kappa shape index (κ3) is 11.1. The highest BCUT2D eigenvalue weighted by molar-refractivity contribution is 7.16. The number of hydrogen-bond acceptors (Lipinski definition) is 6.